The van der Waals surface area contributed by atoms with Crippen LogP contribution in [0.15, 0.2) is 24.3 Å². The number of halogens is 3. The number of rotatable bonds is 3. The Kier molecular flexibility index (Phi) is 6.05. The molecule has 0 unspecified atom stereocenters. The molecule has 2 N–H and O–H groups in total. The summed E-state index contributed by atoms with van der Waals surface area (Å²) in [5, 5.41) is 4.79. The first-order chi connectivity index (χ1) is 11.7. The first-order valence-electron chi connectivity index (χ1n) is 8.20. The lowest BCUT2D eigenvalue weighted by Crippen LogP contribution is -2.50. The lowest BCUT2D eigenvalue weighted by Gasteiger charge is -2.34. The molecule has 8 heteroatoms. The van der Waals surface area contributed by atoms with E-state index in [-0.39, 0.29) is 11.6 Å². The molecule has 1 fully saturated rings. The number of carbonyl (C=O) groups excluding carboxylic acids is 2. The van der Waals surface area contributed by atoms with E-state index in [1.165, 1.54) is 6.07 Å². The maximum atomic E-state index is 12.7. The molecule has 0 spiro atoms. The van der Waals surface area contributed by atoms with E-state index in [0.29, 0.717) is 6.04 Å². The molecule has 1 aromatic rings. The fraction of sp³-hybridized carbons (Fsp3) is 0.529. The highest BCUT2D eigenvalue weighted by molar-refractivity contribution is 6.04. The van der Waals surface area contributed by atoms with Crippen LogP contribution in [0.2, 0.25) is 0 Å². The summed E-state index contributed by atoms with van der Waals surface area (Å²) in [6.07, 6.45) is -3.00. The zero-order valence-electron chi connectivity index (χ0n) is 14.2. The van der Waals surface area contributed by atoms with Crippen molar-refractivity contribution in [1.82, 2.24) is 15.5 Å². The second-order valence-electron chi connectivity index (χ2n) is 6.41. The lowest BCUT2D eigenvalue weighted by atomic mass is 10.0. The number of hydrogen-bond donors (Lipinski definition) is 2. The van der Waals surface area contributed by atoms with Gasteiger partial charge < -0.3 is 10.2 Å². The molecule has 1 saturated heterocycles. The van der Waals surface area contributed by atoms with E-state index in [0.717, 1.165) is 44.1 Å². The molecule has 1 heterocycles. The van der Waals surface area contributed by atoms with Crippen LogP contribution in [0.5, 0.6) is 0 Å². The van der Waals surface area contributed by atoms with Gasteiger partial charge in [0.05, 0.1) is 5.56 Å². The third-order valence-corrected chi connectivity index (χ3v) is 4.27. The van der Waals surface area contributed by atoms with Crippen LogP contribution < -0.4 is 10.6 Å². The van der Waals surface area contributed by atoms with E-state index < -0.39 is 23.7 Å². The van der Waals surface area contributed by atoms with Crippen molar-refractivity contribution in [2.75, 3.05) is 13.1 Å². The summed E-state index contributed by atoms with van der Waals surface area (Å²) >= 11 is 0. The molecule has 0 saturated carbocycles. The number of amides is 3. The Balaban J connectivity index is 1.88. The molecular weight excluding hydrogens is 335 g/mol. The normalized spacial score (nSPS) is 16.7. The third kappa shape index (κ3) is 5.45. The average molecular weight is 357 g/mol. The van der Waals surface area contributed by atoms with Gasteiger partial charge >= 0.3 is 12.2 Å². The Hall–Kier alpha value is -2.09. The predicted octanol–water partition coefficient (Wildman–Crippen LogP) is 3.02. The Morgan fingerprint density at radius 1 is 1.20 bits per heavy atom. The first kappa shape index (κ1) is 19.2. The van der Waals surface area contributed by atoms with E-state index >= 15 is 0 Å². The van der Waals surface area contributed by atoms with Crippen LogP contribution in [0.25, 0.3) is 0 Å². The summed E-state index contributed by atoms with van der Waals surface area (Å²) in [5.41, 5.74) is -1.14. The third-order valence-electron chi connectivity index (χ3n) is 4.27. The number of piperidine rings is 1. The number of urea groups is 1. The number of likely N-dealkylation sites (tertiary alicyclic amines) is 1. The number of benzene rings is 1. The van der Waals surface area contributed by atoms with Crippen molar-refractivity contribution in [3.63, 3.8) is 0 Å². The van der Waals surface area contributed by atoms with E-state index in [4.69, 9.17) is 0 Å². The quantitative estimate of drug-likeness (QED) is 0.874. The van der Waals surface area contributed by atoms with E-state index in [1.54, 1.807) is 0 Å². The van der Waals surface area contributed by atoms with Crippen LogP contribution in [-0.2, 0) is 6.18 Å². The molecule has 1 aromatic carbocycles. The number of hydrogen-bond acceptors (Lipinski definition) is 3. The molecule has 5 nitrogen and oxygen atoms in total. The zero-order chi connectivity index (χ0) is 18.6. The highest BCUT2D eigenvalue weighted by Crippen LogP contribution is 2.29. The minimum absolute atomic E-state index is 0.0516. The van der Waals surface area contributed by atoms with Crippen molar-refractivity contribution in [2.24, 2.45) is 0 Å². The largest absolute Gasteiger partial charge is 0.416 e. The van der Waals surface area contributed by atoms with Crippen molar-refractivity contribution in [1.29, 1.82) is 0 Å². The number of carbonyl (C=O) groups is 2. The number of alkyl halides is 3. The molecule has 1 aliphatic rings. The van der Waals surface area contributed by atoms with Gasteiger partial charge in [0.1, 0.15) is 0 Å². The molecule has 1 aliphatic heterocycles. The topological polar surface area (TPSA) is 61.4 Å². The molecule has 0 radical (unpaired) electrons. The van der Waals surface area contributed by atoms with Crippen molar-refractivity contribution in [2.45, 2.75) is 44.9 Å². The van der Waals surface area contributed by atoms with Gasteiger partial charge in [-0.15, -0.1) is 0 Å². The SMILES string of the molecule is CC(C)N1CCC(NC(=O)NC(=O)c2cccc(C(F)(F)F)c2)CC1. The second-order valence-corrected chi connectivity index (χ2v) is 6.41. The maximum absolute atomic E-state index is 12.7. The van der Waals surface area contributed by atoms with Crippen LogP contribution in [0, 0.1) is 0 Å². The van der Waals surface area contributed by atoms with Gasteiger partial charge in [-0.3, -0.25) is 10.1 Å². The molecular formula is C17H22F3N3O2. The number of imide groups is 1. The van der Waals surface area contributed by atoms with Crippen LogP contribution in [0.4, 0.5) is 18.0 Å². The second kappa shape index (κ2) is 7.86. The van der Waals surface area contributed by atoms with Crippen LogP contribution in [-0.4, -0.2) is 42.0 Å². The molecule has 3 amide bonds. The van der Waals surface area contributed by atoms with E-state index in [9.17, 15) is 22.8 Å². The molecule has 25 heavy (non-hydrogen) atoms. The molecule has 0 atom stereocenters. The summed E-state index contributed by atoms with van der Waals surface area (Å²) in [6, 6.07) is 3.67. The highest BCUT2D eigenvalue weighted by Gasteiger charge is 2.31. The predicted molar refractivity (Wildman–Crippen MR) is 87.2 cm³/mol. The smallest absolute Gasteiger partial charge is 0.335 e. The monoisotopic (exact) mass is 357 g/mol. The van der Waals surface area contributed by atoms with Crippen molar-refractivity contribution in [3.05, 3.63) is 35.4 Å². The molecule has 138 valence electrons. The maximum Gasteiger partial charge on any atom is 0.416 e. The Labute approximate surface area is 144 Å². The summed E-state index contributed by atoms with van der Waals surface area (Å²) in [5.74, 6) is -0.858. The van der Waals surface area contributed by atoms with Crippen LogP contribution >= 0.6 is 0 Å². The van der Waals surface area contributed by atoms with Crippen LogP contribution in [0.3, 0.4) is 0 Å². The minimum Gasteiger partial charge on any atom is -0.335 e. The first-order valence-corrected chi connectivity index (χ1v) is 8.20. The van der Waals surface area contributed by atoms with E-state index in [2.05, 4.69) is 29.4 Å². The van der Waals surface area contributed by atoms with Gasteiger partial charge in [0, 0.05) is 30.7 Å². The summed E-state index contributed by atoms with van der Waals surface area (Å²) in [7, 11) is 0. The van der Waals surface area contributed by atoms with Gasteiger partial charge in [0.2, 0.25) is 0 Å². The number of nitrogens with zero attached hydrogens (tertiary/aromatic N) is 1. The average Bonchev–Trinajstić information content (AvgIpc) is 2.54. The molecule has 0 aromatic heterocycles. The summed E-state index contributed by atoms with van der Waals surface area (Å²) in [4.78, 5) is 26.2. The Morgan fingerprint density at radius 3 is 2.40 bits per heavy atom. The van der Waals surface area contributed by atoms with Crippen molar-refractivity contribution >= 4 is 11.9 Å². The van der Waals surface area contributed by atoms with Gasteiger partial charge in [-0.1, -0.05) is 6.07 Å². The summed E-state index contributed by atoms with van der Waals surface area (Å²) in [6.45, 7) is 5.91. The minimum atomic E-state index is -4.54. The molecule has 0 aliphatic carbocycles. The van der Waals surface area contributed by atoms with Crippen molar-refractivity contribution in [3.8, 4) is 0 Å². The summed E-state index contributed by atoms with van der Waals surface area (Å²) < 4.78 is 38.0. The van der Waals surface area contributed by atoms with Gasteiger partial charge in [-0.25, -0.2) is 4.79 Å². The fourth-order valence-electron chi connectivity index (χ4n) is 2.79. The van der Waals surface area contributed by atoms with E-state index in [1.807, 2.05) is 0 Å². The van der Waals surface area contributed by atoms with Crippen molar-refractivity contribution < 1.29 is 22.8 Å². The fourth-order valence-corrected chi connectivity index (χ4v) is 2.79. The molecule has 0 bridgehead atoms. The highest BCUT2D eigenvalue weighted by atomic mass is 19.4. The van der Waals surface area contributed by atoms with Gasteiger partial charge in [-0.2, -0.15) is 13.2 Å². The Bertz CT molecular complexity index is 624. The number of nitrogens with one attached hydrogen (secondary N) is 2. The lowest BCUT2D eigenvalue weighted by molar-refractivity contribution is -0.137. The standard InChI is InChI=1S/C17H22F3N3O2/c1-11(2)23-8-6-14(7-9-23)21-16(25)22-15(24)12-4-3-5-13(10-12)17(18,19)20/h3-5,10-11,14H,6-9H2,1-2H3,(H2,21,22,24,25). The van der Waals surface area contributed by atoms with Gasteiger partial charge in [0.15, 0.2) is 0 Å². The Morgan fingerprint density at radius 2 is 1.84 bits per heavy atom. The van der Waals surface area contributed by atoms with Gasteiger partial charge in [0.25, 0.3) is 5.91 Å². The zero-order valence-corrected chi connectivity index (χ0v) is 14.2. The van der Waals surface area contributed by atoms with Gasteiger partial charge in [-0.05, 0) is 44.9 Å². The van der Waals surface area contributed by atoms with Crippen LogP contribution in [0.1, 0.15) is 42.6 Å². The molecule has 2 rings (SSSR count).